The summed E-state index contributed by atoms with van der Waals surface area (Å²) in [6.07, 6.45) is -1.84. The zero-order chi connectivity index (χ0) is 11.0. The Kier molecular flexibility index (Phi) is 2.34. The highest BCUT2D eigenvalue weighted by atomic mass is 16.4. The molecule has 1 heterocycles. The van der Waals surface area contributed by atoms with E-state index in [1.165, 1.54) is 13.0 Å². The van der Waals surface area contributed by atoms with Crippen LogP contribution in [0.15, 0.2) is 27.4 Å². The number of H-pyrrole nitrogens is 1. The van der Waals surface area contributed by atoms with Gasteiger partial charge in [-0.3, -0.25) is 4.98 Å². The number of aromatic nitrogens is 1. The smallest absolute Gasteiger partial charge is 0.408 e. The molecule has 2 aromatic rings. The van der Waals surface area contributed by atoms with E-state index in [1.54, 1.807) is 12.1 Å². The van der Waals surface area contributed by atoms with Gasteiger partial charge in [-0.2, -0.15) is 0 Å². The van der Waals surface area contributed by atoms with Gasteiger partial charge in [0, 0.05) is 0 Å². The maximum atomic E-state index is 10.9. The van der Waals surface area contributed by atoms with E-state index in [2.05, 4.69) is 4.98 Å². The fraction of sp³-hybridized carbons (Fsp3) is 0.300. The van der Waals surface area contributed by atoms with Gasteiger partial charge in [0.25, 0.3) is 0 Å². The Morgan fingerprint density at radius 3 is 2.80 bits per heavy atom. The first-order chi connectivity index (χ1) is 7.08. The van der Waals surface area contributed by atoms with E-state index >= 15 is 0 Å². The number of fused-ring (bicyclic) bond motifs is 1. The van der Waals surface area contributed by atoms with Crippen LogP contribution in [0.4, 0.5) is 0 Å². The Morgan fingerprint density at radius 2 is 2.13 bits per heavy atom. The number of aliphatic hydroxyl groups is 2. The molecule has 15 heavy (non-hydrogen) atoms. The van der Waals surface area contributed by atoms with Gasteiger partial charge in [0.1, 0.15) is 6.10 Å². The van der Waals surface area contributed by atoms with Crippen LogP contribution in [-0.2, 0) is 0 Å². The fourth-order valence-corrected chi connectivity index (χ4v) is 1.42. The lowest BCUT2D eigenvalue weighted by Gasteiger charge is -2.13. The second kappa shape index (κ2) is 3.52. The van der Waals surface area contributed by atoms with Gasteiger partial charge < -0.3 is 14.6 Å². The Morgan fingerprint density at radius 1 is 1.40 bits per heavy atom. The average Bonchev–Trinajstić information content (AvgIpc) is 2.55. The molecule has 1 aromatic heterocycles. The van der Waals surface area contributed by atoms with Crippen molar-refractivity contribution in [2.75, 3.05) is 0 Å². The van der Waals surface area contributed by atoms with Crippen LogP contribution in [0.5, 0.6) is 0 Å². The zero-order valence-corrected chi connectivity index (χ0v) is 8.10. The van der Waals surface area contributed by atoms with Crippen molar-refractivity contribution in [3.05, 3.63) is 34.3 Å². The summed E-state index contributed by atoms with van der Waals surface area (Å²) in [5.74, 6) is -0.534. The highest BCUT2D eigenvalue weighted by molar-refractivity contribution is 5.72. The van der Waals surface area contributed by atoms with Crippen molar-refractivity contribution in [3.8, 4) is 0 Å². The van der Waals surface area contributed by atoms with E-state index in [-0.39, 0.29) is 0 Å². The van der Waals surface area contributed by atoms with Crippen LogP contribution in [0.3, 0.4) is 0 Å². The molecule has 0 aliphatic carbocycles. The normalized spacial score (nSPS) is 15.4. The summed E-state index contributed by atoms with van der Waals surface area (Å²) in [5.41, 5.74) is 1.46. The molecule has 3 N–H and O–H groups in total. The van der Waals surface area contributed by atoms with Crippen LogP contribution in [-0.4, -0.2) is 21.3 Å². The summed E-state index contributed by atoms with van der Waals surface area (Å²) in [7, 11) is 0. The summed E-state index contributed by atoms with van der Waals surface area (Å²) in [5, 5.41) is 18.8. The van der Waals surface area contributed by atoms with Crippen LogP contribution < -0.4 is 5.76 Å². The first kappa shape index (κ1) is 9.95. The number of rotatable bonds is 2. The van der Waals surface area contributed by atoms with Gasteiger partial charge in [0.15, 0.2) is 5.58 Å². The first-order valence-corrected chi connectivity index (χ1v) is 4.57. The van der Waals surface area contributed by atoms with E-state index < -0.39 is 18.0 Å². The van der Waals surface area contributed by atoms with Gasteiger partial charge in [-0.25, -0.2) is 4.79 Å². The molecule has 0 bridgehead atoms. The average molecular weight is 209 g/mol. The van der Waals surface area contributed by atoms with Crippen molar-refractivity contribution in [1.29, 1.82) is 0 Å². The minimum absolute atomic E-state index is 0.372. The molecule has 0 radical (unpaired) electrons. The van der Waals surface area contributed by atoms with Gasteiger partial charge >= 0.3 is 5.76 Å². The lowest BCUT2D eigenvalue weighted by Crippen LogP contribution is -2.13. The van der Waals surface area contributed by atoms with E-state index in [4.69, 9.17) is 4.42 Å². The molecule has 0 aliphatic heterocycles. The molecule has 0 spiro atoms. The van der Waals surface area contributed by atoms with Gasteiger partial charge in [-0.05, 0) is 24.6 Å². The van der Waals surface area contributed by atoms with Gasteiger partial charge in [0.05, 0.1) is 11.6 Å². The standard InChI is InChI=1S/C10H11NO4/c1-5(12)9(13)6-2-3-7-8(4-6)15-10(14)11-7/h2-5,9,12-13H,1H3,(H,11,14). The fourth-order valence-electron chi connectivity index (χ4n) is 1.42. The molecule has 2 atom stereocenters. The molecule has 0 amide bonds. The summed E-state index contributed by atoms with van der Waals surface area (Å²) in [4.78, 5) is 13.4. The molecule has 5 nitrogen and oxygen atoms in total. The molecule has 0 fully saturated rings. The molecule has 2 unspecified atom stereocenters. The Bertz CT molecular complexity index is 525. The van der Waals surface area contributed by atoms with E-state index in [0.717, 1.165) is 0 Å². The predicted molar refractivity (Wildman–Crippen MR) is 53.5 cm³/mol. The third kappa shape index (κ3) is 1.79. The molecule has 80 valence electrons. The molecule has 5 heteroatoms. The number of aromatic amines is 1. The molecule has 0 saturated carbocycles. The summed E-state index contributed by atoms with van der Waals surface area (Å²) in [6.45, 7) is 1.49. The number of aliphatic hydroxyl groups excluding tert-OH is 2. The monoisotopic (exact) mass is 209 g/mol. The van der Waals surface area contributed by atoms with Gasteiger partial charge in [-0.1, -0.05) is 6.07 Å². The van der Waals surface area contributed by atoms with Gasteiger partial charge in [0.2, 0.25) is 0 Å². The summed E-state index contributed by atoms with van der Waals surface area (Å²) >= 11 is 0. The third-order valence-electron chi connectivity index (χ3n) is 2.24. The minimum atomic E-state index is -0.977. The summed E-state index contributed by atoms with van der Waals surface area (Å²) in [6, 6.07) is 4.79. The van der Waals surface area contributed by atoms with Crippen molar-refractivity contribution in [3.63, 3.8) is 0 Å². The van der Waals surface area contributed by atoms with E-state index in [9.17, 15) is 15.0 Å². The highest BCUT2D eigenvalue weighted by Gasteiger charge is 2.14. The first-order valence-electron chi connectivity index (χ1n) is 4.57. The predicted octanol–water partition coefficient (Wildman–Crippen LogP) is 0.535. The zero-order valence-electron chi connectivity index (χ0n) is 8.10. The van der Waals surface area contributed by atoms with Crippen LogP contribution >= 0.6 is 0 Å². The van der Waals surface area contributed by atoms with Crippen LogP contribution in [0, 0.1) is 0 Å². The molecule has 0 aliphatic rings. The molecular formula is C10H11NO4. The minimum Gasteiger partial charge on any atom is -0.408 e. The number of benzene rings is 1. The van der Waals surface area contributed by atoms with E-state index in [1.807, 2.05) is 0 Å². The SMILES string of the molecule is CC(O)C(O)c1ccc2[nH]c(=O)oc2c1. The Labute approximate surface area is 85.0 Å². The number of hydrogen-bond acceptors (Lipinski definition) is 4. The Balaban J connectivity index is 2.50. The van der Waals surface area contributed by atoms with Crippen molar-refractivity contribution >= 4 is 11.1 Å². The van der Waals surface area contributed by atoms with Crippen molar-refractivity contribution in [2.24, 2.45) is 0 Å². The topological polar surface area (TPSA) is 86.5 Å². The van der Waals surface area contributed by atoms with Gasteiger partial charge in [-0.15, -0.1) is 0 Å². The van der Waals surface area contributed by atoms with Crippen LogP contribution in [0.25, 0.3) is 11.1 Å². The Hall–Kier alpha value is -1.59. The van der Waals surface area contributed by atoms with Crippen LogP contribution in [0.2, 0.25) is 0 Å². The lowest BCUT2D eigenvalue weighted by atomic mass is 10.1. The largest absolute Gasteiger partial charge is 0.417 e. The molecule has 1 aromatic carbocycles. The summed E-state index contributed by atoms with van der Waals surface area (Å²) < 4.78 is 4.83. The lowest BCUT2D eigenvalue weighted by molar-refractivity contribution is 0.0306. The quantitative estimate of drug-likeness (QED) is 0.673. The molecule has 0 saturated heterocycles. The maximum absolute atomic E-state index is 10.9. The number of oxazole rings is 1. The highest BCUT2D eigenvalue weighted by Crippen LogP contribution is 2.20. The number of nitrogens with one attached hydrogen (secondary N) is 1. The number of hydrogen-bond donors (Lipinski definition) is 3. The third-order valence-corrected chi connectivity index (χ3v) is 2.24. The maximum Gasteiger partial charge on any atom is 0.417 e. The van der Waals surface area contributed by atoms with Crippen LogP contribution in [0.1, 0.15) is 18.6 Å². The molecular weight excluding hydrogens is 198 g/mol. The second-order valence-corrected chi connectivity index (χ2v) is 3.46. The van der Waals surface area contributed by atoms with E-state index in [0.29, 0.717) is 16.7 Å². The molecule has 2 rings (SSSR count). The van der Waals surface area contributed by atoms with Crippen molar-refractivity contribution in [1.82, 2.24) is 4.98 Å². The second-order valence-electron chi connectivity index (χ2n) is 3.46. The van der Waals surface area contributed by atoms with Crippen molar-refractivity contribution in [2.45, 2.75) is 19.1 Å². The van der Waals surface area contributed by atoms with Crippen molar-refractivity contribution < 1.29 is 14.6 Å².